The van der Waals surface area contributed by atoms with E-state index < -0.39 is 11.4 Å². The summed E-state index contributed by atoms with van der Waals surface area (Å²) >= 11 is 0. The lowest BCUT2D eigenvalue weighted by molar-refractivity contribution is -0.135. The van der Waals surface area contributed by atoms with Gasteiger partial charge in [-0.2, -0.15) is 0 Å². The van der Waals surface area contributed by atoms with E-state index >= 15 is 0 Å². The van der Waals surface area contributed by atoms with Crippen LogP contribution in [0.2, 0.25) is 0 Å². The zero-order valence-electron chi connectivity index (χ0n) is 11.2. The van der Waals surface area contributed by atoms with Crippen LogP contribution >= 0.6 is 0 Å². The summed E-state index contributed by atoms with van der Waals surface area (Å²) in [6, 6.07) is 0. The lowest BCUT2D eigenvalue weighted by Gasteiger charge is -2.40. The number of carboxylic acid groups (broad SMARTS) is 1. The molecule has 0 aromatic carbocycles. The first-order valence-corrected chi connectivity index (χ1v) is 6.84. The number of carbonyl (C=O) groups excluding carboxylic acids is 1. The van der Waals surface area contributed by atoms with Crippen LogP contribution in [0.15, 0.2) is 11.6 Å². The SMILES string of the molecule is C[C@@H]1CC(=O)[C@@]23[C@@H](C)C(C(=O)O)=C[C@@]2(C)CC[C@@H]13. The Morgan fingerprint density at radius 3 is 2.72 bits per heavy atom. The van der Waals surface area contributed by atoms with Crippen molar-refractivity contribution in [3.63, 3.8) is 0 Å². The Labute approximate surface area is 107 Å². The van der Waals surface area contributed by atoms with Crippen LogP contribution < -0.4 is 0 Å². The first-order chi connectivity index (χ1) is 8.34. The van der Waals surface area contributed by atoms with E-state index in [1.165, 1.54) is 0 Å². The summed E-state index contributed by atoms with van der Waals surface area (Å²) in [6.07, 6.45) is 4.55. The fourth-order valence-electron chi connectivity index (χ4n) is 5.38. The molecule has 3 aliphatic carbocycles. The van der Waals surface area contributed by atoms with Gasteiger partial charge in [0.25, 0.3) is 0 Å². The third kappa shape index (κ3) is 1.03. The highest BCUT2D eigenvalue weighted by molar-refractivity contribution is 5.96. The van der Waals surface area contributed by atoms with Gasteiger partial charge in [-0.05, 0) is 30.1 Å². The second-order valence-electron chi connectivity index (χ2n) is 6.66. The van der Waals surface area contributed by atoms with Gasteiger partial charge in [0.15, 0.2) is 0 Å². The fraction of sp³-hybridized carbons (Fsp3) is 0.733. The Balaban J connectivity index is 2.18. The molecular formula is C15H20O3. The Hall–Kier alpha value is -1.12. The molecule has 0 heterocycles. The summed E-state index contributed by atoms with van der Waals surface area (Å²) in [4.78, 5) is 24.0. The monoisotopic (exact) mass is 248 g/mol. The van der Waals surface area contributed by atoms with Crippen LogP contribution in [-0.2, 0) is 9.59 Å². The summed E-state index contributed by atoms with van der Waals surface area (Å²) in [5.41, 5.74) is -0.183. The van der Waals surface area contributed by atoms with Gasteiger partial charge in [-0.25, -0.2) is 4.79 Å². The molecule has 5 atom stereocenters. The number of carbonyl (C=O) groups is 2. The van der Waals surface area contributed by atoms with Crippen molar-refractivity contribution in [1.29, 1.82) is 0 Å². The van der Waals surface area contributed by atoms with E-state index in [-0.39, 0.29) is 11.3 Å². The standard InChI is InChI=1S/C15H20O3/c1-8-6-12(16)15-9(2)10(13(17)18)7-14(15,3)5-4-11(8)15/h7-9,11H,4-6H2,1-3H3,(H,17,18)/t8-,9+,11+,14-,15+/m1/s1. The minimum Gasteiger partial charge on any atom is -0.478 e. The van der Waals surface area contributed by atoms with Crippen molar-refractivity contribution in [2.45, 2.75) is 40.0 Å². The summed E-state index contributed by atoms with van der Waals surface area (Å²) in [7, 11) is 0. The molecule has 0 unspecified atom stereocenters. The van der Waals surface area contributed by atoms with Gasteiger partial charge in [0, 0.05) is 23.3 Å². The number of carboxylic acids is 1. The molecule has 0 aromatic heterocycles. The predicted molar refractivity (Wildman–Crippen MR) is 66.9 cm³/mol. The van der Waals surface area contributed by atoms with Crippen molar-refractivity contribution in [1.82, 2.24) is 0 Å². The van der Waals surface area contributed by atoms with Crippen LogP contribution in [0.5, 0.6) is 0 Å². The third-order valence-corrected chi connectivity index (χ3v) is 6.03. The van der Waals surface area contributed by atoms with Crippen molar-refractivity contribution in [3.05, 3.63) is 11.6 Å². The lowest BCUT2D eigenvalue weighted by Crippen LogP contribution is -2.43. The maximum atomic E-state index is 12.6. The average Bonchev–Trinajstić information content (AvgIpc) is 2.79. The normalized spacial score (nSPS) is 50.1. The number of hydrogen-bond acceptors (Lipinski definition) is 2. The number of ketones is 1. The molecule has 1 spiro atoms. The van der Waals surface area contributed by atoms with Crippen LogP contribution in [0.4, 0.5) is 0 Å². The molecule has 3 nitrogen and oxygen atoms in total. The van der Waals surface area contributed by atoms with E-state index in [0.29, 0.717) is 29.6 Å². The van der Waals surface area contributed by atoms with Gasteiger partial charge in [-0.3, -0.25) is 4.79 Å². The summed E-state index contributed by atoms with van der Waals surface area (Å²) in [5.74, 6) is 0.102. The molecule has 18 heavy (non-hydrogen) atoms. The van der Waals surface area contributed by atoms with Crippen molar-refractivity contribution < 1.29 is 14.7 Å². The molecule has 3 rings (SSSR count). The summed E-state index contributed by atoms with van der Waals surface area (Å²) in [5, 5.41) is 9.34. The maximum absolute atomic E-state index is 12.6. The largest absolute Gasteiger partial charge is 0.478 e. The Bertz CT molecular complexity index is 478. The van der Waals surface area contributed by atoms with Crippen molar-refractivity contribution in [2.75, 3.05) is 0 Å². The zero-order valence-corrected chi connectivity index (χ0v) is 11.2. The van der Waals surface area contributed by atoms with Crippen molar-refractivity contribution >= 4 is 11.8 Å². The predicted octanol–water partition coefficient (Wildman–Crippen LogP) is 2.66. The summed E-state index contributed by atoms with van der Waals surface area (Å²) < 4.78 is 0. The second kappa shape index (κ2) is 3.25. The second-order valence-corrected chi connectivity index (χ2v) is 6.66. The van der Waals surface area contributed by atoms with Crippen LogP contribution in [0.1, 0.15) is 40.0 Å². The number of Topliss-reactive ketones (excluding diaryl/α,β-unsaturated/α-hetero) is 1. The van der Waals surface area contributed by atoms with E-state index in [1.54, 1.807) is 0 Å². The molecule has 0 amide bonds. The average molecular weight is 248 g/mol. The number of allylic oxidation sites excluding steroid dienone is 1. The van der Waals surface area contributed by atoms with E-state index in [1.807, 2.05) is 13.0 Å². The van der Waals surface area contributed by atoms with Gasteiger partial charge < -0.3 is 5.11 Å². The molecular weight excluding hydrogens is 228 g/mol. The molecule has 3 heteroatoms. The highest BCUT2D eigenvalue weighted by atomic mass is 16.4. The zero-order chi connectivity index (χ0) is 13.3. The topological polar surface area (TPSA) is 54.4 Å². The molecule has 0 aliphatic heterocycles. The molecule has 0 saturated heterocycles. The molecule has 2 fully saturated rings. The van der Waals surface area contributed by atoms with E-state index in [4.69, 9.17) is 0 Å². The molecule has 1 N–H and O–H groups in total. The molecule has 0 radical (unpaired) electrons. The highest BCUT2D eigenvalue weighted by Gasteiger charge is 2.71. The van der Waals surface area contributed by atoms with Gasteiger partial charge in [0.2, 0.25) is 0 Å². The molecule has 0 aromatic rings. The Morgan fingerprint density at radius 2 is 2.11 bits per heavy atom. The van der Waals surface area contributed by atoms with E-state index in [2.05, 4.69) is 13.8 Å². The van der Waals surface area contributed by atoms with Gasteiger partial charge in [0.1, 0.15) is 5.78 Å². The Morgan fingerprint density at radius 1 is 1.44 bits per heavy atom. The molecule has 0 bridgehead atoms. The number of hydrogen-bond donors (Lipinski definition) is 1. The third-order valence-electron chi connectivity index (χ3n) is 6.03. The minimum atomic E-state index is -0.849. The van der Waals surface area contributed by atoms with Crippen LogP contribution in [0, 0.1) is 28.6 Å². The first-order valence-electron chi connectivity index (χ1n) is 6.84. The maximum Gasteiger partial charge on any atom is 0.331 e. The van der Waals surface area contributed by atoms with E-state index in [0.717, 1.165) is 12.8 Å². The van der Waals surface area contributed by atoms with Crippen LogP contribution in [-0.4, -0.2) is 16.9 Å². The quantitative estimate of drug-likeness (QED) is 0.776. The van der Waals surface area contributed by atoms with Crippen LogP contribution in [0.3, 0.4) is 0 Å². The Kier molecular flexibility index (Phi) is 2.16. The van der Waals surface area contributed by atoms with Crippen molar-refractivity contribution in [2.24, 2.45) is 28.6 Å². The smallest absolute Gasteiger partial charge is 0.331 e. The minimum absolute atomic E-state index is 0.134. The van der Waals surface area contributed by atoms with Gasteiger partial charge in [-0.15, -0.1) is 0 Å². The van der Waals surface area contributed by atoms with Gasteiger partial charge in [-0.1, -0.05) is 26.8 Å². The number of rotatable bonds is 1. The van der Waals surface area contributed by atoms with Crippen LogP contribution in [0.25, 0.3) is 0 Å². The number of aliphatic carboxylic acids is 1. The van der Waals surface area contributed by atoms with Gasteiger partial charge in [0.05, 0.1) is 0 Å². The fourth-order valence-corrected chi connectivity index (χ4v) is 5.38. The molecule has 98 valence electrons. The van der Waals surface area contributed by atoms with Crippen molar-refractivity contribution in [3.8, 4) is 0 Å². The van der Waals surface area contributed by atoms with Gasteiger partial charge >= 0.3 is 5.97 Å². The molecule has 2 saturated carbocycles. The highest BCUT2D eigenvalue weighted by Crippen LogP contribution is 2.71. The van der Waals surface area contributed by atoms with E-state index in [9.17, 15) is 14.7 Å². The molecule has 3 aliphatic rings. The lowest BCUT2D eigenvalue weighted by atomic mass is 9.60. The first kappa shape index (κ1) is 11.9. The summed E-state index contributed by atoms with van der Waals surface area (Å²) in [6.45, 7) is 6.18.